The topological polar surface area (TPSA) is 35.6 Å². The van der Waals surface area contributed by atoms with E-state index in [1.54, 1.807) is 0 Å². The number of hydrogen-bond acceptors (Lipinski definition) is 3. The average Bonchev–Trinajstić information content (AvgIpc) is 2.61. The lowest BCUT2D eigenvalue weighted by Crippen LogP contribution is -2.49. The number of likely N-dealkylation sites (tertiary alicyclic amines) is 1. The highest BCUT2D eigenvalue weighted by Crippen LogP contribution is 2.20. The van der Waals surface area contributed by atoms with Crippen LogP contribution in [0.2, 0.25) is 0 Å². The molecule has 4 heteroatoms. The third-order valence-electron chi connectivity index (χ3n) is 5.06. The first-order valence-corrected chi connectivity index (χ1v) is 9.16. The Morgan fingerprint density at radius 2 is 1.96 bits per heavy atom. The largest absolute Gasteiger partial charge is 0.342 e. The maximum atomic E-state index is 12.4. The van der Waals surface area contributed by atoms with Crippen molar-refractivity contribution in [2.75, 3.05) is 45.8 Å². The van der Waals surface area contributed by atoms with Crippen molar-refractivity contribution in [3.63, 3.8) is 0 Å². The van der Waals surface area contributed by atoms with Gasteiger partial charge in [0.05, 0.1) is 6.54 Å². The molecule has 0 atom stereocenters. The van der Waals surface area contributed by atoms with Gasteiger partial charge < -0.3 is 10.2 Å². The molecule has 2 fully saturated rings. The van der Waals surface area contributed by atoms with Gasteiger partial charge in [-0.05, 0) is 31.2 Å². The molecule has 2 heterocycles. The maximum Gasteiger partial charge on any atom is 0.236 e. The number of nitrogens with one attached hydrogen (secondary N) is 1. The van der Waals surface area contributed by atoms with E-state index in [0.717, 1.165) is 52.1 Å². The fourth-order valence-corrected chi connectivity index (χ4v) is 3.52. The number of rotatable bonds is 4. The molecule has 0 saturated carbocycles. The van der Waals surface area contributed by atoms with E-state index in [9.17, 15) is 4.79 Å². The number of carbonyl (C=O) groups excluding carboxylic acids is 1. The predicted molar refractivity (Wildman–Crippen MR) is 98.8 cm³/mol. The first kappa shape index (κ1) is 17.2. The normalized spacial score (nSPS) is 20.6. The van der Waals surface area contributed by atoms with E-state index in [0.29, 0.717) is 18.4 Å². The van der Waals surface area contributed by atoms with Gasteiger partial charge in [0.1, 0.15) is 0 Å². The van der Waals surface area contributed by atoms with E-state index in [1.165, 1.54) is 11.1 Å². The van der Waals surface area contributed by atoms with Crippen LogP contribution in [0.25, 0.3) is 6.08 Å². The predicted octanol–water partition coefficient (Wildman–Crippen LogP) is 2.15. The molecule has 0 aliphatic carbocycles. The lowest BCUT2D eigenvalue weighted by molar-refractivity contribution is -0.133. The quantitative estimate of drug-likeness (QED) is 0.920. The molecule has 2 saturated heterocycles. The molecule has 0 spiro atoms. The van der Waals surface area contributed by atoms with E-state index in [-0.39, 0.29) is 0 Å². The summed E-state index contributed by atoms with van der Waals surface area (Å²) in [4.78, 5) is 16.8. The lowest BCUT2D eigenvalue weighted by atomic mass is 9.95. The minimum Gasteiger partial charge on any atom is -0.342 e. The van der Waals surface area contributed by atoms with E-state index in [1.807, 2.05) is 0 Å². The Morgan fingerprint density at radius 3 is 2.67 bits per heavy atom. The fourth-order valence-electron chi connectivity index (χ4n) is 3.52. The average molecular weight is 327 g/mol. The minimum atomic E-state index is 0.304. The molecule has 2 aliphatic heterocycles. The van der Waals surface area contributed by atoms with E-state index in [2.05, 4.69) is 58.5 Å². The molecule has 3 rings (SSSR count). The molecule has 4 nitrogen and oxygen atoms in total. The molecule has 130 valence electrons. The number of benzene rings is 1. The van der Waals surface area contributed by atoms with Crippen LogP contribution in [0.4, 0.5) is 0 Å². The summed E-state index contributed by atoms with van der Waals surface area (Å²) >= 11 is 0. The van der Waals surface area contributed by atoms with Gasteiger partial charge in [-0.15, -0.1) is 0 Å². The second-order valence-corrected chi connectivity index (χ2v) is 7.02. The molecular weight excluding hydrogens is 298 g/mol. The summed E-state index contributed by atoms with van der Waals surface area (Å²) in [6, 6.07) is 8.59. The number of carbonyl (C=O) groups is 1. The molecule has 0 aromatic heterocycles. The fraction of sp³-hybridized carbons (Fsp3) is 0.550. The van der Waals surface area contributed by atoms with E-state index >= 15 is 0 Å². The molecular formula is C20H29N3O. The summed E-state index contributed by atoms with van der Waals surface area (Å²) in [5, 5.41) is 3.33. The smallest absolute Gasteiger partial charge is 0.236 e. The Hall–Kier alpha value is -1.65. The molecule has 1 N–H and O–H groups in total. The SMILES string of the molecule is Cc1cccc(C=CC2CCN(C(=O)CN3CCNCC3)CC2)c1. The minimum absolute atomic E-state index is 0.304. The van der Waals surface area contributed by atoms with Gasteiger partial charge >= 0.3 is 0 Å². The lowest BCUT2D eigenvalue weighted by Gasteiger charge is -2.33. The van der Waals surface area contributed by atoms with Crippen LogP contribution in [-0.2, 0) is 4.79 Å². The zero-order chi connectivity index (χ0) is 16.8. The van der Waals surface area contributed by atoms with Crippen molar-refractivity contribution in [1.29, 1.82) is 0 Å². The van der Waals surface area contributed by atoms with Crippen molar-refractivity contribution in [1.82, 2.24) is 15.1 Å². The highest BCUT2D eigenvalue weighted by atomic mass is 16.2. The van der Waals surface area contributed by atoms with Gasteiger partial charge in [-0.3, -0.25) is 9.69 Å². The summed E-state index contributed by atoms with van der Waals surface area (Å²) < 4.78 is 0. The second kappa shape index (κ2) is 8.45. The van der Waals surface area contributed by atoms with Crippen LogP contribution in [0.15, 0.2) is 30.3 Å². The van der Waals surface area contributed by atoms with Crippen LogP contribution < -0.4 is 5.32 Å². The van der Waals surface area contributed by atoms with Crippen molar-refractivity contribution < 1.29 is 4.79 Å². The van der Waals surface area contributed by atoms with E-state index < -0.39 is 0 Å². The van der Waals surface area contributed by atoms with Gasteiger partial charge in [0.25, 0.3) is 0 Å². The zero-order valence-electron chi connectivity index (χ0n) is 14.7. The number of allylic oxidation sites excluding steroid dienone is 1. The number of amides is 1. The molecule has 2 aliphatic rings. The highest BCUT2D eigenvalue weighted by molar-refractivity contribution is 5.78. The Balaban J connectivity index is 1.44. The van der Waals surface area contributed by atoms with Crippen molar-refractivity contribution in [2.45, 2.75) is 19.8 Å². The number of aryl methyl sites for hydroxylation is 1. The number of piperidine rings is 1. The van der Waals surface area contributed by atoms with Crippen LogP contribution in [-0.4, -0.2) is 61.5 Å². The van der Waals surface area contributed by atoms with Crippen LogP contribution in [0.5, 0.6) is 0 Å². The van der Waals surface area contributed by atoms with Gasteiger partial charge in [0, 0.05) is 39.3 Å². The van der Waals surface area contributed by atoms with Crippen molar-refractivity contribution in [3.8, 4) is 0 Å². The molecule has 0 bridgehead atoms. The summed E-state index contributed by atoms with van der Waals surface area (Å²) in [5.74, 6) is 0.895. The molecule has 0 radical (unpaired) electrons. The summed E-state index contributed by atoms with van der Waals surface area (Å²) in [6.07, 6.45) is 6.72. The first-order valence-electron chi connectivity index (χ1n) is 9.16. The number of hydrogen-bond donors (Lipinski definition) is 1. The second-order valence-electron chi connectivity index (χ2n) is 7.02. The number of nitrogens with zero attached hydrogens (tertiary/aromatic N) is 2. The van der Waals surface area contributed by atoms with Crippen LogP contribution in [0.3, 0.4) is 0 Å². The molecule has 1 aromatic carbocycles. The Morgan fingerprint density at radius 1 is 1.21 bits per heavy atom. The third-order valence-corrected chi connectivity index (χ3v) is 5.06. The Bertz CT molecular complexity index is 570. The van der Waals surface area contributed by atoms with Gasteiger partial charge in [-0.2, -0.15) is 0 Å². The molecule has 1 amide bonds. The Labute approximate surface area is 145 Å². The van der Waals surface area contributed by atoms with Crippen molar-refractivity contribution in [2.24, 2.45) is 5.92 Å². The van der Waals surface area contributed by atoms with Gasteiger partial charge in [0.2, 0.25) is 5.91 Å². The summed E-state index contributed by atoms with van der Waals surface area (Å²) in [5.41, 5.74) is 2.57. The highest BCUT2D eigenvalue weighted by Gasteiger charge is 2.23. The van der Waals surface area contributed by atoms with Crippen LogP contribution in [0.1, 0.15) is 24.0 Å². The van der Waals surface area contributed by atoms with Gasteiger partial charge in [-0.25, -0.2) is 0 Å². The van der Waals surface area contributed by atoms with Crippen LogP contribution in [0, 0.1) is 12.8 Å². The third kappa shape index (κ3) is 4.92. The van der Waals surface area contributed by atoms with E-state index in [4.69, 9.17) is 0 Å². The standard InChI is InChI=1S/C20H29N3O/c1-17-3-2-4-19(15-17)6-5-18-7-11-23(12-8-18)20(24)16-22-13-9-21-10-14-22/h2-6,15,18,21H,7-14,16H2,1H3. The molecule has 24 heavy (non-hydrogen) atoms. The van der Waals surface area contributed by atoms with Crippen molar-refractivity contribution in [3.05, 3.63) is 41.5 Å². The maximum absolute atomic E-state index is 12.4. The Kier molecular flexibility index (Phi) is 6.05. The van der Waals surface area contributed by atoms with Gasteiger partial charge in [-0.1, -0.05) is 42.0 Å². The summed E-state index contributed by atoms with van der Waals surface area (Å²) in [7, 11) is 0. The van der Waals surface area contributed by atoms with Gasteiger partial charge in [0.15, 0.2) is 0 Å². The van der Waals surface area contributed by atoms with Crippen molar-refractivity contribution >= 4 is 12.0 Å². The monoisotopic (exact) mass is 327 g/mol. The molecule has 0 unspecified atom stereocenters. The molecule has 1 aromatic rings. The zero-order valence-corrected chi connectivity index (χ0v) is 14.7. The first-order chi connectivity index (χ1) is 11.7. The van der Waals surface area contributed by atoms with Crippen LogP contribution >= 0.6 is 0 Å². The number of piperazine rings is 1. The summed E-state index contributed by atoms with van der Waals surface area (Å²) in [6.45, 7) is 8.48.